The first-order valence-electron chi connectivity index (χ1n) is 8.29. The number of hydrogen-bond donors (Lipinski definition) is 0. The Morgan fingerprint density at radius 2 is 1.39 bits per heavy atom. The third-order valence-electron chi connectivity index (χ3n) is 3.73. The van der Waals surface area contributed by atoms with E-state index in [0.717, 1.165) is 41.5 Å². The van der Waals surface area contributed by atoms with Crippen molar-refractivity contribution in [2.75, 3.05) is 6.61 Å². The normalized spacial score (nSPS) is 10.2. The van der Waals surface area contributed by atoms with Gasteiger partial charge in [0.15, 0.2) is 0 Å². The summed E-state index contributed by atoms with van der Waals surface area (Å²) in [5, 5.41) is 0. The highest BCUT2D eigenvalue weighted by Gasteiger charge is 2.19. The number of ether oxygens (including phenoxy) is 1. The number of benzene rings is 2. The zero-order valence-corrected chi connectivity index (χ0v) is 13.9. The molecule has 0 amide bonds. The van der Waals surface area contributed by atoms with Gasteiger partial charge in [0.05, 0.1) is 6.61 Å². The zero-order valence-electron chi connectivity index (χ0n) is 13.9. The number of carbonyl (C=O) groups is 1. The lowest BCUT2D eigenvalue weighted by Gasteiger charge is -2.15. The van der Waals surface area contributed by atoms with Gasteiger partial charge in [0.1, 0.15) is 0 Å². The Balaban J connectivity index is 2.61. The molecule has 2 nitrogen and oxygen atoms in total. The molecule has 0 heterocycles. The van der Waals surface area contributed by atoms with E-state index in [2.05, 4.69) is 6.92 Å². The van der Waals surface area contributed by atoms with E-state index in [9.17, 15) is 4.79 Å². The van der Waals surface area contributed by atoms with Crippen LogP contribution in [-0.4, -0.2) is 12.6 Å². The largest absolute Gasteiger partial charge is 0.463 e. The molecule has 0 saturated carbocycles. The summed E-state index contributed by atoms with van der Waals surface area (Å²) in [6, 6.07) is 20.2. The first kappa shape index (κ1) is 17.0. The summed E-state index contributed by atoms with van der Waals surface area (Å²) in [6.07, 6.45) is 2.74. The fourth-order valence-electron chi connectivity index (χ4n) is 2.63. The number of unbranched alkanes of at least 4 members (excludes halogenated alkanes) is 1. The summed E-state index contributed by atoms with van der Waals surface area (Å²) in [4.78, 5) is 12.6. The van der Waals surface area contributed by atoms with Crippen LogP contribution in [0.3, 0.4) is 0 Å². The highest BCUT2D eigenvalue weighted by atomic mass is 16.5. The van der Waals surface area contributed by atoms with E-state index in [4.69, 9.17) is 4.74 Å². The molecule has 23 heavy (non-hydrogen) atoms. The molecule has 0 bridgehead atoms. The van der Waals surface area contributed by atoms with Crippen molar-refractivity contribution in [3.63, 3.8) is 0 Å². The molecular formula is C21H24O2. The van der Waals surface area contributed by atoms with E-state index < -0.39 is 0 Å². The maximum absolute atomic E-state index is 12.6. The highest BCUT2D eigenvalue weighted by Crippen LogP contribution is 2.30. The third-order valence-corrected chi connectivity index (χ3v) is 3.73. The van der Waals surface area contributed by atoms with Crippen LogP contribution < -0.4 is 0 Å². The van der Waals surface area contributed by atoms with Crippen molar-refractivity contribution < 1.29 is 9.53 Å². The first-order valence-corrected chi connectivity index (χ1v) is 8.29. The highest BCUT2D eigenvalue weighted by molar-refractivity contribution is 6.01. The Morgan fingerprint density at radius 1 is 0.870 bits per heavy atom. The minimum Gasteiger partial charge on any atom is -0.463 e. The van der Waals surface area contributed by atoms with Gasteiger partial charge in [-0.3, -0.25) is 0 Å². The molecular weight excluding hydrogens is 284 g/mol. The summed E-state index contributed by atoms with van der Waals surface area (Å²) < 4.78 is 5.33. The van der Waals surface area contributed by atoms with Crippen LogP contribution in [0.15, 0.2) is 66.2 Å². The molecule has 0 aliphatic rings. The van der Waals surface area contributed by atoms with E-state index in [1.807, 2.05) is 67.6 Å². The van der Waals surface area contributed by atoms with Crippen molar-refractivity contribution in [1.29, 1.82) is 0 Å². The van der Waals surface area contributed by atoms with E-state index >= 15 is 0 Å². The standard InChI is InChI=1S/C21H24O2/c1-3-5-16-19(21(22)23-4-2)20(17-12-8-6-9-13-17)18-14-10-7-11-15-18/h6-15H,3-5,16H2,1-2H3. The molecule has 0 atom stereocenters. The van der Waals surface area contributed by atoms with Crippen LogP contribution in [0, 0.1) is 0 Å². The lowest BCUT2D eigenvalue weighted by Crippen LogP contribution is -2.11. The van der Waals surface area contributed by atoms with Gasteiger partial charge in [0, 0.05) is 5.57 Å². The smallest absolute Gasteiger partial charge is 0.334 e. The van der Waals surface area contributed by atoms with Crippen LogP contribution in [0.5, 0.6) is 0 Å². The molecule has 0 spiro atoms. The van der Waals surface area contributed by atoms with Crippen LogP contribution in [0.2, 0.25) is 0 Å². The summed E-state index contributed by atoms with van der Waals surface area (Å²) in [5.41, 5.74) is 3.86. The Hall–Kier alpha value is -2.35. The van der Waals surface area contributed by atoms with E-state index in [1.165, 1.54) is 0 Å². The van der Waals surface area contributed by atoms with Gasteiger partial charge >= 0.3 is 5.97 Å². The van der Waals surface area contributed by atoms with Gasteiger partial charge in [0.25, 0.3) is 0 Å². The van der Waals surface area contributed by atoms with E-state index in [-0.39, 0.29) is 5.97 Å². The van der Waals surface area contributed by atoms with Crippen LogP contribution in [0.1, 0.15) is 44.2 Å². The minimum absolute atomic E-state index is 0.205. The molecule has 0 unspecified atom stereocenters. The number of esters is 1. The van der Waals surface area contributed by atoms with Gasteiger partial charge in [-0.15, -0.1) is 0 Å². The molecule has 0 aromatic heterocycles. The second kappa shape index (κ2) is 8.94. The predicted octanol–water partition coefficient (Wildman–Crippen LogP) is 5.24. The number of rotatable bonds is 7. The van der Waals surface area contributed by atoms with Gasteiger partial charge in [-0.1, -0.05) is 74.0 Å². The summed E-state index contributed by atoms with van der Waals surface area (Å²) >= 11 is 0. The van der Waals surface area contributed by atoms with Crippen LogP contribution in [-0.2, 0) is 9.53 Å². The molecule has 2 aromatic carbocycles. The molecule has 0 radical (unpaired) electrons. The van der Waals surface area contributed by atoms with Crippen molar-refractivity contribution in [3.8, 4) is 0 Å². The molecule has 0 N–H and O–H groups in total. The van der Waals surface area contributed by atoms with Crippen molar-refractivity contribution in [2.45, 2.75) is 33.1 Å². The quantitative estimate of drug-likeness (QED) is 0.516. The topological polar surface area (TPSA) is 26.3 Å². The number of carbonyl (C=O) groups excluding carboxylic acids is 1. The Kier molecular flexibility index (Phi) is 6.61. The van der Waals surface area contributed by atoms with Gasteiger partial charge in [-0.25, -0.2) is 4.79 Å². The lowest BCUT2D eigenvalue weighted by molar-refractivity contribution is -0.138. The molecule has 0 aliphatic heterocycles. The molecule has 2 aromatic rings. The van der Waals surface area contributed by atoms with Crippen LogP contribution >= 0.6 is 0 Å². The van der Waals surface area contributed by atoms with Crippen molar-refractivity contribution in [2.24, 2.45) is 0 Å². The predicted molar refractivity (Wildman–Crippen MR) is 95.1 cm³/mol. The maximum Gasteiger partial charge on any atom is 0.334 e. The van der Waals surface area contributed by atoms with Gasteiger partial charge < -0.3 is 4.74 Å². The molecule has 120 valence electrons. The van der Waals surface area contributed by atoms with Crippen molar-refractivity contribution in [3.05, 3.63) is 77.4 Å². The Labute approximate surface area is 138 Å². The molecule has 0 saturated heterocycles. The third kappa shape index (κ3) is 4.56. The zero-order chi connectivity index (χ0) is 16.5. The fraction of sp³-hybridized carbons (Fsp3) is 0.286. The average Bonchev–Trinajstić information content (AvgIpc) is 2.60. The molecule has 0 fully saturated rings. The van der Waals surface area contributed by atoms with Crippen molar-refractivity contribution in [1.82, 2.24) is 0 Å². The van der Waals surface area contributed by atoms with Crippen LogP contribution in [0.4, 0.5) is 0 Å². The number of hydrogen-bond acceptors (Lipinski definition) is 2. The Morgan fingerprint density at radius 3 is 1.83 bits per heavy atom. The first-order chi connectivity index (χ1) is 11.3. The molecule has 2 heteroatoms. The van der Waals surface area contributed by atoms with E-state index in [0.29, 0.717) is 6.61 Å². The maximum atomic E-state index is 12.6. The monoisotopic (exact) mass is 308 g/mol. The SMILES string of the molecule is CCCCC(C(=O)OCC)=C(c1ccccc1)c1ccccc1. The summed E-state index contributed by atoms with van der Waals surface area (Å²) in [7, 11) is 0. The average molecular weight is 308 g/mol. The van der Waals surface area contributed by atoms with Gasteiger partial charge in [-0.2, -0.15) is 0 Å². The second-order valence-corrected chi connectivity index (χ2v) is 5.41. The second-order valence-electron chi connectivity index (χ2n) is 5.41. The Bertz CT molecular complexity index is 601. The van der Waals surface area contributed by atoms with Gasteiger partial charge in [0.2, 0.25) is 0 Å². The van der Waals surface area contributed by atoms with Crippen molar-refractivity contribution >= 4 is 11.5 Å². The van der Waals surface area contributed by atoms with E-state index in [1.54, 1.807) is 0 Å². The van der Waals surface area contributed by atoms with Crippen LogP contribution in [0.25, 0.3) is 5.57 Å². The minimum atomic E-state index is -0.205. The molecule has 2 rings (SSSR count). The summed E-state index contributed by atoms with van der Waals surface area (Å²) in [6.45, 7) is 4.37. The molecule has 0 aliphatic carbocycles. The summed E-state index contributed by atoms with van der Waals surface area (Å²) in [5.74, 6) is -0.205. The lowest BCUT2D eigenvalue weighted by atomic mass is 9.90. The van der Waals surface area contributed by atoms with Gasteiger partial charge in [-0.05, 0) is 36.5 Å². The fourth-order valence-corrected chi connectivity index (χ4v) is 2.63.